The van der Waals surface area contributed by atoms with Crippen molar-refractivity contribution in [1.82, 2.24) is 9.55 Å². The number of aliphatic hydroxyl groups is 1. The van der Waals surface area contributed by atoms with E-state index in [9.17, 15) is 10.4 Å². The third-order valence-corrected chi connectivity index (χ3v) is 7.38. The zero-order valence-corrected chi connectivity index (χ0v) is 21.1. The Balaban J connectivity index is 2.13. The predicted octanol–water partition coefficient (Wildman–Crippen LogP) is 5.10. The largest absolute Gasteiger partial charge is 0.496 e. The van der Waals surface area contributed by atoms with Crippen LogP contribution in [0, 0.1) is 25.2 Å². The highest BCUT2D eigenvalue weighted by molar-refractivity contribution is 6.76. The monoisotopic (exact) mass is 451 g/mol. The molecule has 170 valence electrons. The van der Waals surface area contributed by atoms with Crippen molar-refractivity contribution in [3.8, 4) is 11.8 Å². The smallest absolute Gasteiger partial charge is 0.148 e. The molecule has 7 heteroatoms. The van der Waals surface area contributed by atoms with Gasteiger partial charge in [-0.15, -0.1) is 0 Å². The van der Waals surface area contributed by atoms with Crippen molar-refractivity contribution in [1.29, 1.82) is 5.26 Å². The Morgan fingerprint density at radius 3 is 2.53 bits per heavy atom. The highest BCUT2D eigenvalue weighted by Gasteiger charge is 2.36. The molecular weight excluding hydrogens is 418 g/mol. The van der Waals surface area contributed by atoms with Crippen molar-refractivity contribution < 1.29 is 14.6 Å². The summed E-state index contributed by atoms with van der Waals surface area (Å²) in [6.45, 7) is 13.6. The molecule has 0 saturated heterocycles. The molecule has 0 saturated carbocycles. The number of nitriles is 1. The fourth-order valence-corrected chi connectivity index (χ4v) is 4.82. The van der Waals surface area contributed by atoms with Crippen molar-refractivity contribution in [3.05, 3.63) is 58.4 Å². The number of fused-ring (bicyclic) bond motifs is 1. The van der Waals surface area contributed by atoms with Crippen LogP contribution in [0.4, 0.5) is 0 Å². The standard InChI is InChI=1S/C25H33N3O3Si/c1-17-12-18(2)23(22(13-17)30-4)25(3,29)24-27-20-14-19(15-26)8-9-21(20)28(24)16-31-10-11-32(5,6)7/h8-9,12-14,29H,10-11,16H2,1-7H3. The molecule has 2 aromatic carbocycles. The lowest BCUT2D eigenvalue weighted by Crippen LogP contribution is -2.30. The van der Waals surface area contributed by atoms with Crippen LogP contribution in [0.2, 0.25) is 25.7 Å². The first-order valence-electron chi connectivity index (χ1n) is 10.8. The van der Waals surface area contributed by atoms with E-state index in [1.54, 1.807) is 26.2 Å². The van der Waals surface area contributed by atoms with Gasteiger partial charge in [-0.2, -0.15) is 5.26 Å². The molecule has 0 fully saturated rings. The van der Waals surface area contributed by atoms with Gasteiger partial charge < -0.3 is 19.1 Å². The Morgan fingerprint density at radius 2 is 1.91 bits per heavy atom. The summed E-state index contributed by atoms with van der Waals surface area (Å²) in [4.78, 5) is 4.77. The molecule has 0 bridgehead atoms. The minimum absolute atomic E-state index is 0.269. The fourth-order valence-electron chi connectivity index (χ4n) is 4.06. The number of imidazole rings is 1. The fraction of sp³-hybridized carbons (Fsp3) is 0.440. The number of rotatable bonds is 8. The van der Waals surface area contributed by atoms with Crippen LogP contribution in [0.5, 0.6) is 5.75 Å². The van der Waals surface area contributed by atoms with E-state index in [0.29, 0.717) is 34.8 Å². The molecule has 0 aliphatic carbocycles. The molecule has 1 unspecified atom stereocenters. The van der Waals surface area contributed by atoms with Crippen molar-refractivity contribution in [3.63, 3.8) is 0 Å². The Hall–Kier alpha value is -2.66. The first-order valence-corrected chi connectivity index (χ1v) is 14.6. The lowest BCUT2D eigenvalue weighted by atomic mass is 9.89. The average molecular weight is 452 g/mol. The summed E-state index contributed by atoms with van der Waals surface area (Å²) in [7, 11) is 0.381. The Kier molecular flexibility index (Phi) is 6.79. The van der Waals surface area contributed by atoms with E-state index in [-0.39, 0.29) is 6.73 Å². The van der Waals surface area contributed by atoms with Crippen LogP contribution in [0.25, 0.3) is 11.0 Å². The summed E-state index contributed by atoms with van der Waals surface area (Å²) < 4.78 is 13.6. The van der Waals surface area contributed by atoms with Crippen molar-refractivity contribution in [2.24, 2.45) is 0 Å². The maximum atomic E-state index is 11.9. The Bertz CT molecular complexity index is 1170. The number of ether oxygens (including phenoxy) is 2. The maximum absolute atomic E-state index is 11.9. The van der Waals surface area contributed by atoms with E-state index < -0.39 is 13.7 Å². The summed E-state index contributed by atoms with van der Waals surface area (Å²) in [5.74, 6) is 1.07. The number of aromatic nitrogens is 2. The number of methoxy groups -OCH3 is 1. The first-order chi connectivity index (χ1) is 15.0. The normalized spacial score (nSPS) is 13.7. The number of hydrogen-bond acceptors (Lipinski definition) is 5. The number of hydrogen-bond donors (Lipinski definition) is 1. The van der Waals surface area contributed by atoms with Gasteiger partial charge in [-0.3, -0.25) is 0 Å². The van der Waals surface area contributed by atoms with Crippen LogP contribution in [0.1, 0.15) is 35.0 Å². The molecule has 3 aromatic rings. The molecule has 0 aliphatic heterocycles. The topological polar surface area (TPSA) is 80.3 Å². The Labute approximate surface area is 191 Å². The van der Waals surface area contributed by atoms with Crippen molar-refractivity contribution in [2.75, 3.05) is 13.7 Å². The summed E-state index contributed by atoms with van der Waals surface area (Å²) in [6, 6.07) is 12.5. The molecule has 1 atom stereocenters. The molecule has 1 aromatic heterocycles. The predicted molar refractivity (Wildman–Crippen MR) is 130 cm³/mol. The van der Waals surface area contributed by atoms with Crippen LogP contribution in [0.15, 0.2) is 30.3 Å². The van der Waals surface area contributed by atoms with Gasteiger partial charge in [0.25, 0.3) is 0 Å². The molecule has 1 N–H and O–H groups in total. The number of aryl methyl sites for hydroxylation is 2. The van der Waals surface area contributed by atoms with E-state index in [2.05, 4.69) is 25.7 Å². The average Bonchev–Trinajstić information content (AvgIpc) is 3.08. The van der Waals surface area contributed by atoms with E-state index in [1.807, 2.05) is 36.6 Å². The number of benzene rings is 2. The second-order valence-electron chi connectivity index (χ2n) is 9.76. The van der Waals surface area contributed by atoms with Crippen molar-refractivity contribution in [2.45, 2.75) is 58.8 Å². The van der Waals surface area contributed by atoms with Crippen LogP contribution >= 0.6 is 0 Å². The lowest BCUT2D eigenvalue weighted by Gasteiger charge is -2.28. The Morgan fingerprint density at radius 1 is 1.19 bits per heavy atom. The van der Waals surface area contributed by atoms with Gasteiger partial charge in [-0.05, 0) is 62.2 Å². The first kappa shape index (κ1) is 24.0. The zero-order chi connectivity index (χ0) is 23.7. The van der Waals surface area contributed by atoms with Crippen LogP contribution < -0.4 is 4.74 Å². The minimum atomic E-state index is -1.43. The van der Waals surface area contributed by atoms with E-state index in [1.165, 1.54) is 0 Å². The van der Waals surface area contributed by atoms with Crippen molar-refractivity contribution >= 4 is 19.1 Å². The van der Waals surface area contributed by atoms with Gasteiger partial charge in [0.2, 0.25) is 0 Å². The summed E-state index contributed by atoms with van der Waals surface area (Å²) in [5, 5.41) is 21.2. The van der Waals surface area contributed by atoms with Crippen LogP contribution in [-0.4, -0.2) is 36.4 Å². The molecule has 1 heterocycles. The van der Waals surface area contributed by atoms with Crippen LogP contribution in [-0.2, 0) is 17.1 Å². The van der Waals surface area contributed by atoms with E-state index in [0.717, 1.165) is 22.7 Å². The maximum Gasteiger partial charge on any atom is 0.148 e. The molecule has 6 nitrogen and oxygen atoms in total. The van der Waals surface area contributed by atoms with Gasteiger partial charge in [0.15, 0.2) is 0 Å². The SMILES string of the molecule is COc1cc(C)cc(C)c1C(C)(O)c1nc2cc(C#N)ccc2n1COCC[Si](C)(C)C. The molecule has 0 aliphatic rings. The number of nitrogens with zero attached hydrogens (tertiary/aromatic N) is 3. The van der Waals surface area contributed by atoms with Gasteiger partial charge in [0.1, 0.15) is 23.9 Å². The highest BCUT2D eigenvalue weighted by Crippen LogP contribution is 2.39. The van der Waals surface area contributed by atoms with Gasteiger partial charge in [-0.1, -0.05) is 25.7 Å². The molecule has 32 heavy (non-hydrogen) atoms. The third-order valence-electron chi connectivity index (χ3n) is 5.68. The van der Waals surface area contributed by atoms with Gasteiger partial charge in [-0.25, -0.2) is 4.98 Å². The second kappa shape index (κ2) is 9.06. The third kappa shape index (κ3) is 4.88. The molecule has 0 amide bonds. The molecule has 3 rings (SSSR count). The minimum Gasteiger partial charge on any atom is -0.496 e. The molecule has 0 spiro atoms. The quantitative estimate of drug-likeness (QED) is 0.381. The highest BCUT2D eigenvalue weighted by atomic mass is 28.3. The van der Waals surface area contributed by atoms with E-state index in [4.69, 9.17) is 14.5 Å². The zero-order valence-electron chi connectivity index (χ0n) is 20.1. The van der Waals surface area contributed by atoms with Gasteiger partial charge in [0.05, 0.1) is 29.8 Å². The molecular formula is C25H33N3O3Si. The van der Waals surface area contributed by atoms with Gasteiger partial charge in [0, 0.05) is 20.2 Å². The summed E-state index contributed by atoms with van der Waals surface area (Å²) in [6.07, 6.45) is 0. The lowest BCUT2D eigenvalue weighted by molar-refractivity contribution is 0.0547. The second-order valence-corrected chi connectivity index (χ2v) is 15.4. The van der Waals surface area contributed by atoms with Gasteiger partial charge >= 0.3 is 0 Å². The van der Waals surface area contributed by atoms with E-state index >= 15 is 0 Å². The summed E-state index contributed by atoms with van der Waals surface area (Å²) in [5.41, 5.74) is 3.20. The summed E-state index contributed by atoms with van der Waals surface area (Å²) >= 11 is 0. The molecule has 0 radical (unpaired) electrons. The van der Waals surface area contributed by atoms with Crippen LogP contribution in [0.3, 0.4) is 0 Å².